The van der Waals surface area contributed by atoms with Crippen molar-refractivity contribution in [3.63, 3.8) is 0 Å². The Morgan fingerprint density at radius 2 is 1.89 bits per heavy atom. The van der Waals surface area contributed by atoms with Crippen LogP contribution in [0.4, 0.5) is 5.69 Å². The largest absolute Gasteiger partial charge is 0.495 e. The van der Waals surface area contributed by atoms with Gasteiger partial charge in [0.2, 0.25) is 0 Å². The Morgan fingerprint density at radius 3 is 2.63 bits per heavy atom. The van der Waals surface area contributed by atoms with Crippen LogP contribution in [-0.4, -0.2) is 38.7 Å². The molecule has 0 aromatic heterocycles. The number of aliphatic imine (C=N–C) groups is 1. The highest BCUT2D eigenvalue weighted by atomic mass is 127. The van der Waals surface area contributed by atoms with E-state index in [-0.39, 0.29) is 24.0 Å². The van der Waals surface area contributed by atoms with Gasteiger partial charge in [-0.25, -0.2) is 4.99 Å². The molecular formula is C21H29IN4O. The fourth-order valence-electron chi connectivity index (χ4n) is 3.26. The monoisotopic (exact) mass is 480 g/mol. The third-order valence-corrected chi connectivity index (χ3v) is 4.56. The van der Waals surface area contributed by atoms with E-state index in [4.69, 9.17) is 9.73 Å². The summed E-state index contributed by atoms with van der Waals surface area (Å²) < 4.78 is 5.50. The first-order valence-electron chi connectivity index (χ1n) is 9.27. The highest BCUT2D eigenvalue weighted by molar-refractivity contribution is 14.0. The predicted octanol–water partition coefficient (Wildman–Crippen LogP) is 3.65. The minimum Gasteiger partial charge on any atom is -0.495 e. The van der Waals surface area contributed by atoms with Gasteiger partial charge in [0.05, 0.1) is 19.3 Å². The fraction of sp³-hybridized carbons (Fsp3) is 0.381. The lowest BCUT2D eigenvalue weighted by molar-refractivity contribution is 0.415. The summed E-state index contributed by atoms with van der Waals surface area (Å²) in [6, 6.07) is 18.9. The van der Waals surface area contributed by atoms with Crippen LogP contribution >= 0.6 is 24.0 Å². The standard InChI is InChI=1S/C21H28N4O.HI/c1-3-22-21(23-15-17-9-5-4-6-10-17)24-18-13-14-25(16-18)19-11-7-8-12-20(19)26-2;/h4-12,18H,3,13-16H2,1-2H3,(H2,22,23,24);1H. The van der Waals surface area contributed by atoms with Crippen molar-refractivity contribution in [1.29, 1.82) is 0 Å². The molecule has 1 heterocycles. The SMILES string of the molecule is CCNC(=NCc1ccccc1)NC1CCN(c2ccccc2OC)C1.I. The van der Waals surface area contributed by atoms with Gasteiger partial charge in [-0.1, -0.05) is 42.5 Å². The van der Waals surface area contributed by atoms with Crippen molar-refractivity contribution in [2.75, 3.05) is 31.6 Å². The van der Waals surface area contributed by atoms with E-state index in [0.29, 0.717) is 12.6 Å². The predicted molar refractivity (Wildman–Crippen MR) is 123 cm³/mol. The normalized spacial score (nSPS) is 16.6. The Balaban J connectivity index is 0.00000261. The number of methoxy groups -OCH3 is 1. The molecule has 2 aromatic carbocycles. The molecule has 1 aliphatic heterocycles. The third kappa shape index (κ3) is 6.02. The highest BCUT2D eigenvalue weighted by Gasteiger charge is 2.25. The average Bonchev–Trinajstić information content (AvgIpc) is 3.15. The first-order chi connectivity index (χ1) is 12.8. The van der Waals surface area contributed by atoms with Gasteiger partial charge in [-0.05, 0) is 31.0 Å². The minimum absolute atomic E-state index is 0. The lowest BCUT2D eigenvalue weighted by Gasteiger charge is -2.22. The zero-order valence-electron chi connectivity index (χ0n) is 16.0. The number of hydrogen-bond donors (Lipinski definition) is 2. The summed E-state index contributed by atoms with van der Waals surface area (Å²) in [7, 11) is 1.73. The molecule has 2 aromatic rings. The minimum atomic E-state index is 0. The molecule has 0 spiro atoms. The van der Waals surface area contributed by atoms with Crippen molar-refractivity contribution < 1.29 is 4.74 Å². The third-order valence-electron chi connectivity index (χ3n) is 4.56. The lowest BCUT2D eigenvalue weighted by Crippen LogP contribution is -2.44. The second-order valence-electron chi connectivity index (χ2n) is 6.43. The number of halogens is 1. The van der Waals surface area contributed by atoms with Crippen LogP contribution < -0.4 is 20.3 Å². The zero-order chi connectivity index (χ0) is 18.2. The van der Waals surface area contributed by atoms with Crippen LogP contribution in [0.1, 0.15) is 18.9 Å². The van der Waals surface area contributed by atoms with E-state index in [9.17, 15) is 0 Å². The molecule has 2 N–H and O–H groups in total. The Morgan fingerprint density at radius 1 is 1.15 bits per heavy atom. The van der Waals surface area contributed by atoms with Crippen molar-refractivity contribution in [3.8, 4) is 5.75 Å². The van der Waals surface area contributed by atoms with Gasteiger partial charge >= 0.3 is 0 Å². The topological polar surface area (TPSA) is 48.9 Å². The molecule has 1 unspecified atom stereocenters. The first-order valence-corrected chi connectivity index (χ1v) is 9.27. The summed E-state index contributed by atoms with van der Waals surface area (Å²) in [5.41, 5.74) is 2.37. The maximum atomic E-state index is 5.50. The van der Waals surface area contributed by atoms with E-state index in [1.54, 1.807) is 7.11 Å². The van der Waals surface area contributed by atoms with Gasteiger partial charge in [-0.15, -0.1) is 24.0 Å². The van der Waals surface area contributed by atoms with E-state index in [1.807, 2.05) is 30.3 Å². The molecule has 146 valence electrons. The van der Waals surface area contributed by atoms with E-state index < -0.39 is 0 Å². The van der Waals surface area contributed by atoms with Gasteiger partial charge in [-0.2, -0.15) is 0 Å². The summed E-state index contributed by atoms with van der Waals surface area (Å²) in [5, 5.41) is 6.93. The van der Waals surface area contributed by atoms with Crippen molar-refractivity contribution in [2.24, 2.45) is 4.99 Å². The lowest BCUT2D eigenvalue weighted by atomic mass is 10.2. The van der Waals surface area contributed by atoms with Crippen LogP contribution in [0.2, 0.25) is 0 Å². The van der Waals surface area contributed by atoms with Crippen molar-refractivity contribution in [1.82, 2.24) is 10.6 Å². The van der Waals surface area contributed by atoms with Crippen LogP contribution in [0.5, 0.6) is 5.75 Å². The molecule has 1 fully saturated rings. The molecule has 5 nitrogen and oxygen atoms in total. The average molecular weight is 480 g/mol. The molecule has 1 atom stereocenters. The molecule has 0 saturated carbocycles. The molecule has 3 rings (SSSR count). The smallest absolute Gasteiger partial charge is 0.191 e. The number of anilines is 1. The van der Waals surface area contributed by atoms with Gasteiger partial charge in [-0.3, -0.25) is 0 Å². The van der Waals surface area contributed by atoms with Crippen LogP contribution in [0.15, 0.2) is 59.6 Å². The number of para-hydroxylation sites is 2. The number of hydrogen-bond acceptors (Lipinski definition) is 3. The number of nitrogens with one attached hydrogen (secondary N) is 2. The fourth-order valence-corrected chi connectivity index (χ4v) is 3.26. The molecule has 0 aliphatic carbocycles. The molecule has 1 saturated heterocycles. The number of benzene rings is 2. The Bertz CT molecular complexity index is 723. The van der Waals surface area contributed by atoms with Crippen LogP contribution in [0.3, 0.4) is 0 Å². The van der Waals surface area contributed by atoms with Crippen molar-refractivity contribution in [3.05, 3.63) is 60.2 Å². The van der Waals surface area contributed by atoms with Gasteiger partial charge in [0.1, 0.15) is 5.75 Å². The number of nitrogens with zero attached hydrogens (tertiary/aromatic N) is 2. The summed E-state index contributed by atoms with van der Waals surface area (Å²) in [5.74, 6) is 1.81. The van der Waals surface area contributed by atoms with E-state index in [0.717, 1.165) is 43.5 Å². The van der Waals surface area contributed by atoms with Crippen LogP contribution in [-0.2, 0) is 6.54 Å². The molecule has 0 bridgehead atoms. The summed E-state index contributed by atoms with van der Waals surface area (Å²) in [4.78, 5) is 7.10. The van der Waals surface area contributed by atoms with Gasteiger partial charge in [0.15, 0.2) is 5.96 Å². The maximum absolute atomic E-state index is 5.50. The molecule has 1 aliphatic rings. The van der Waals surface area contributed by atoms with Crippen LogP contribution in [0, 0.1) is 0 Å². The Labute approximate surface area is 179 Å². The van der Waals surface area contributed by atoms with E-state index in [1.165, 1.54) is 5.56 Å². The van der Waals surface area contributed by atoms with Crippen LogP contribution in [0.25, 0.3) is 0 Å². The number of ether oxygens (including phenoxy) is 1. The summed E-state index contributed by atoms with van der Waals surface area (Å²) >= 11 is 0. The molecule has 27 heavy (non-hydrogen) atoms. The molecule has 6 heteroatoms. The van der Waals surface area contributed by atoms with E-state index >= 15 is 0 Å². The molecular weight excluding hydrogens is 451 g/mol. The quantitative estimate of drug-likeness (QED) is 0.377. The van der Waals surface area contributed by atoms with Gasteiger partial charge < -0.3 is 20.3 Å². The Hall–Kier alpha value is -1.96. The second-order valence-corrected chi connectivity index (χ2v) is 6.43. The molecule has 0 amide bonds. The van der Waals surface area contributed by atoms with Gasteiger partial charge in [0, 0.05) is 25.7 Å². The maximum Gasteiger partial charge on any atom is 0.191 e. The van der Waals surface area contributed by atoms with E-state index in [2.05, 4.69) is 46.7 Å². The summed E-state index contributed by atoms with van der Waals surface area (Å²) in [6.07, 6.45) is 1.08. The first kappa shape index (κ1) is 21.3. The Kier molecular flexibility index (Phi) is 8.71. The highest BCUT2D eigenvalue weighted by Crippen LogP contribution is 2.30. The second kappa shape index (κ2) is 11.0. The van der Waals surface area contributed by atoms with Crippen molar-refractivity contribution >= 4 is 35.6 Å². The number of guanidine groups is 1. The molecule has 0 radical (unpaired) electrons. The summed E-state index contributed by atoms with van der Waals surface area (Å²) in [6.45, 7) is 5.57. The number of rotatable bonds is 6. The van der Waals surface area contributed by atoms with Gasteiger partial charge in [0.25, 0.3) is 0 Å². The van der Waals surface area contributed by atoms with Crippen molar-refractivity contribution in [2.45, 2.75) is 25.9 Å². The zero-order valence-corrected chi connectivity index (χ0v) is 18.4.